The minimum atomic E-state index is -0.160. The van der Waals surface area contributed by atoms with Gasteiger partial charge in [0.05, 0.1) is 35.6 Å². The molecule has 5 rings (SSSR count). The van der Waals surface area contributed by atoms with Gasteiger partial charge in [-0.25, -0.2) is 0 Å². The first-order valence-electron chi connectivity index (χ1n) is 10.2. The second kappa shape index (κ2) is 7.39. The van der Waals surface area contributed by atoms with Crippen molar-refractivity contribution in [1.29, 1.82) is 5.26 Å². The highest BCUT2D eigenvalue weighted by atomic mass is 16.2. The fraction of sp³-hybridized carbons (Fsp3) is 0.167. The predicted molar refractivity (Wildman–Crippen MR) is 122 cm³/mol. The molecule has 1 aliphatic rings. The number of rotatable bonds is 4. The smallest absolute Gasteiger partial charge is 0.256 e. The number of nitrogens with two attached hydrogens (primary N) is 1. The quantitative estimate of drug-likeness (QED) is 0.385. The molecule has 0 fully saturated rings. The van der Waals surface area contributed by atoms with Crippen molar-refractivity contribution in [2.24, 2.45) is 7.05 Å². The SMILES string of the molecule is Cc1n[nH]c2ccc(-c3ccc(N)c4c3CN(C/C(C#N)=C\c3cnn(C)c3)C4=O)cc12. The standard InChI is InChI=1S/C24H21N7O/c1-14-19-8-17(3-6-22(19)29-28-14)18-4-5-21(26)23-20(18)13-31(24(23)32)12-15(9-25)7-16-10-27-30(2)11-16/h3-8,10-11H,12-13,26H2,1-2H3,(H,28,29)/b15-7-. The number of anilines is 1. The minimum Gasteiger partial charge on any atom is -0.398 e. The maximum atomic E-state index is 13.2. The Kier molecular flexibility index (Phi) is 4.52. The van der Waals surface area contributed by atoms with Gasteiger partial charge in [-0.15, -0.1) is 0 Å². The lowest BCUT2D eigenvalue weighted by atomic mass is 9.95. The molecule has 1 amide bonds. The summed E-state index contributed by atoms with van der Waals surface area (Å²) >= 11 is 0. The molecule has 0 aliphatic carbocycles. The lowest BCUT2D eigenvalue weighted by Crippen LogP contribution is -2.26. The first kappa shape index (κ1) is 19.6. The Morgan fingerprint density at radius 3 is 2.94 bits per heavy atom. The van der Waals surface area contributed by atoms with Crippen LogP contribution >= 0.6 is 0 Å². The Morgan fingerprint density at radius 1 is 1.34 bits per heavy atom. The zero-order valence-electron chi connectivity index (χ0n) is 17.8. The van der Waals surface area contributed by atoms with Gasteiger partial charge < -0.3 is 10.6 Å². The van der Waals surface area contributed by atoms with Crippen LogP contribution in [0.4, 0.5) is 5.69 Å². The van der Waals surface area contributed by atoms with E-state index in [1.807, 2.05) is 38.4 Å². The molecule has 0 radical (unpaired) electrons. The number of nitrogens with one attached hydrogen (secondary N) is 1. The molecule has 0 bridgehead atoms. The van der Waals surface area contributed by atoms with Gasteiger partial charge in [0, 0.05) is 42.0 Å². The topological polar surface area (TPSA) is 117 Å². The number of benzene rings is 2. The van der Waals surface area contributed by atoms with E-state index >= 15 is 0 Å². The number of hydrogen-bond acceptors (Lipinski definition) is 5. The number of fused-ring (bicyclic) bond motifs is 2. The number of H-pyrrole nitrogens is 1. The number of hydrogen-bond donors (Lipinski definition) is 2. The molecule has 32 heavy (non-hydrogen) atoms. The van der Waals surface area contributed by atoms with E-state index in [1.165, 1.54) is 0 Å². The fourth-order valence-corrected chi connectivity index (χ4v) is 4.25. The molecule has 3 heterocycles. The van der Waals surface area contributed by atoms with Crippen LogP contribution in [0.1, 0.15) is 27.2 Å². The highest BCUT2D eigenvalue weighted by Gasteiger charge is 2.32. The van der Waals surface area contributed by atoms with E-state index in [4.69, 9.17) is 5.73 Å². The number of aromatic nitrogens is 4. The summed E-state index contributed by atoms with van der Waals surface area (Å²) < 4.78 is 1.67. The Labute approximate surface area is 184 Å². The maximum absolute atomic E-state index is 13.2. The summed E-state index contributed by atoms with van der Waals surface area (Å²) in [5, 5.41) is 22.1. The van der Waals surface area contributed by atoms with Gasteiger partial charge in [-0.1, -0.05) is 12.1 Å². The molecule has 0 unspecified atom stereocenters. The van der Waals surface area contributed by atoms with Gasteiger partial charge in [0.1, 0.15) is 0 Å². The normalized spacial score (nSPS) is 13.6. The highest BCUT2D eigenvalue weighted by molar-refractivity contribution is 6.05. The first-order valence-corrected chi connectivity index (χ1v) is 10.2. The van der Waals surface area contributed by atoms with E-state index in [0.29, 0.717) is 23.4 Å². The van der Waals surface area contributed by atoms with Crippen LogP contribution in [0.5, 0.6) is 0 Å². The van der Waals surface area contributed by atoms with E-state index in [0.717, 1.165) is 38.9 Å². The van der Waals surface area contributed by atoms with Gasteiger partial charge in [-0.05, 0) is 47.9 Å². The van der Waals surface area contributed by atoms with Crippen molar-refractivity contribution in [3.05, 3.63) is 70.7 Å². The number of aryl methyl sites for hydroxylation is 2. The van der Waals surface area contributed by atoms with Gasteiger partial charge in [0.2, 0.25) is 0 Å². The monoisotopic (exact) mass is 423 g/mol. The number of nitrogens with zero attached hydrogens (tertiary/aromatic N) is 5. The first-order chi connectivity index (χ1) is 15.4. The van der Waals surface area contributed by atoms with Crippen LogP contribution in [-0.4, -0.2) is 37.3 Å². The summed E-state index contributed by atoms with van der Waals surface area (Å²) in [4.78, 5) is 14.9. The molecule has 2 aromatic carbocycles. The molecule has 8 heteroatoms. The summed E-state index contributed by atoms with van der Waals surface area (Å²) in [5.41, 5.74) is 13.2. The summed E-state index contributed by atoms with van der Waals surface area (Å²) in [5.74, 6) is -0.160. The summed E-state index contributed by atoms with van der Waals surface area (Å²) in [7, 11) is 1.82. The van der Waals surface area contributed by atoms with Crippen LogP contribution in [0.2, 0.25) is 0 Å². The van der Waals surface area contributed by atoms with Crippen molar-refractivity contribution in [2.75, 3.05) is 12.3 Å². The molecule has 0 spiro atoms. The summed E-state index contributed by atoms with van der Waals surface area (Å²) in [6.45, 7) is 2.56. The van der Waals surface area contributed by atoms with Crippen LogP contribution in [0.25, 0.3) is 28.1 Å². The van der Waals surface area contributed by atoms with Crippen LogP contribution in [-0.2, 0) is 13.6 Å². The number of carbonyl (C=O) groups excluding carboxylic acids is 1. The van der Waals surface area contributed by atoms with E-state index < -0.39 is 0 Å². The van der Waals surface area contributed by atoms with Gasteiger partial charge in [-0.2, -0.15) is 15.5 Å². The Morgan fingerprint density at radius 2 is 2.19 bits per heavy atom. The maximum Gasteiger partial charge on any atom is 0.256 e. The Bertz CT molecular complexity index is 1450. The third-order valence-electron chi connectivity index (χ3n) is 5.83. The van der Waals surface area contributed by atoms with E-state index in [9.17, 15) is 10.1 Å². The average molecular weight is 423 g/mol. The number of nitriles is 1. The van der Waals surface area contributed by atoms with Crippen LogP contribution in [0.3, 0.4) is 0 Å². The third-order valence-corrected chi connectivity index (χ3v) is 5.83. The van der Waals surface area contributed by atoms with Gasteiger partial charge >= 0.3 is 0 Å². The second-order valence-corrected chi connectivity index (χ2v) is 8.02. The third kappa shape index (κ3) is 3.20. The molecule has 2 aromatic heterocycles. The Hall–Kier alpha value is -4.38. The molecular weight excluding hydrogens is 402 g/mol. The van der Waals surface area contributed by atoms with Crippen molar-refractivity contribution in [3.8, 4) is 17.2 Å². The van der Waals surface area contributed by atoms with Crippen molar-refractivity contribution in [1.82, 2.24) is 24.9 Å². The highest BCUT2D eigenvalue weighted by Crippen LogP contribution is 2.37. The molecule has 1 aliphatic heterocycles. The van der Waals surface area contributed by atoms with Crippen molar-refractivity contribution < 1.29 is 4.79 Å². The lowest BCUT2D eigenvalue weighted by Gasteiger charge is -2.15. The molecule has 8 nitrogen and oxygen atoms in total. The largest absolute Gasteiger partial charge is 0.398 e. The number of carbonyl (C=O) groups is 1. The predicted octanol–water partition coefficient (Wildman–Crippen LogP) is 3.42. The molecule has 3 N–H and O–H groups in total. The Balaban J connectivity index is 1.51. The van der Waals surface area contributed by atoms with Crippen LogP contribution in [0, 0.1) is 18.3 Å². The van der Waals surface area contributed by atoms with Gasteiger partial charge in [0.15, 0.2) is 0 Å². The zero-order chi connectivity index (χ0) is 22.4. The molecule has 158 valence electrons. The van der Waals surface area contributed by atoms with E-state index in [1.54, 1.807) is 27.9 Å². The number of aromatic amines is 1. The molecular formula is C24H21N7O. The molecule has 0 saturated heterocycles. The zero-order valence-corrected chi connectivity index (χ0v) is 17.8. The second-order valence-electron chi connectivity index (χ2n) is 8.02. The van der Waals surface area contributed by atoms with Crippen molar-refractivity contribution in [2.45, 2.75) is 13.5 Å². The van der Waals surface area contributed by atoms with Crippen molar-refractivity contribution >= 4 is 28.6 Å². The average Bonchev–Trinajstić information content (AvgIpc) is 3.46. The van der Waals surface area contributed by atoms with Gasteiger partial charge in [0.25, 0.3) is 5.91 Å². The molecule has 0 saturated carbocycles. The van der Waals surface area contributed by atoms with Crippen LogP contribution in [0.15, 0.2) is 48.3 Å². The minimum absolute atomic E-state index is 0.160. The van der Waals surface area contributed by atoms with E-state index in [2.05, 4.69) is 27.4 Å². The lowest BCUT2D eigenvalue weighted by molar-refractivity contribution is 0.0795. The van der Waals surface area contributed by atoms with Crippen molar-refractivity contribution in [3.63, 3.8) is 0 Å². The fourth-order valence-electron chi connectivity index (χ4n) is 4.25. The van der Waals surface area contributed by atoms with E-state index in [-0.39, 0.29) is 12.5 Å². The molecule has 4 aromatic rings. The molecule has 0 atom stereocenters. The number of amides is 1. The summed E-state index contributed by atoms with van der Waals surface area (Å²) in [6.07, 6.45) is 5.26. The van der Waals surface area contributed by atoms with Crippen LogP contribution < -0.4 is 5.73 Å². The van der Waals surface area contributed by atoms with Gasteiger partial charge in [-0.3, -0.25) is 14.6 Å². The summed E-state index contributed by atoms with van der Waals surface area (Å²) in [6, 6.07) is 12.0. The number of nitrogen functional groups attached to an aromatic ring is 1.